The third kappa shape index (κ3) is 4.06. The highest BCUT2D eigenvalue weighted by Gasteiger charge is 2.10. The molecule has 31 heavy (non-hydrogen) atoms. The molecular weight excluding hydrogens is 429 g/mol. The lowest BCUT2D eigenvalue weighted by Gasteiger charge is -2.09. The maximum Gasteiger partial charge on any atom is 0.244 e. The monoisotopic (exact) mass is 443 g/mol. The normalized spacial score (nSPS) is 11.4. The van der Waals surface area contributed by atoms with Crippen LogP contribution in [0.5, 0.6) is 0 Å². The van der Waals surface area contributed by atoms with Crippen LogP contribution < -0.4 is 5.43 Å². The van der Waals surface area contributed by atoms with Gasteiger partial charge in [-0.15, -0.1) is 0 Å². The molecule has 0 aliphatic carbocycles. The fraction of sp³-hybridized carbons (Fsp3) is 0. The Bertz CT molecular complexity index is 1430. The average molecular weight is 444 g/mol. The predicted octanol–water partition coefficient (Wildman–Crippen LogP) is 6.60. The molecule has 0 spiro atoms. The number of pyridine rings is 1. The summed E-state index contributed by atoms with van der Waals surface area (Å²) in [5, 5.41) is 7.15. The van der Waals surface area contributed by atoms with Crippen LogP contribution in [0.25, 0.3) is 33.1 Å². The minimum Gasteiger partial charge on any atom is -0.245 e. The highest BCUT2D eigenvalue weighted by Crippen LogP contribution is 2.29. The molecule has 3 aromatic carbocycles. The Morgan fingerprint density at radius 2 is 1.58 bits per heavy atom. The molecule has 5 nitrogen and oxygen atoms in total. The molecule has 5 rings (SSSR count). The van der Waals surface area contributed by atoms with Gasteiger partial charge in [0.05, 0.1) is 22.9 Å². The summed E-state index contributed by atoms with van der Waals surface area (Å²) in [5.41, 5.74) is 6.95. The van der Waals surface area contributed by atoms with Crippen LogP contribution >= 0.6 is 23.2 Å². The van der Waals surface area contributed by atoms with E-state index in [1.54, 1.807) is 12.3 Å². The highest BCUT2D eigenvalue weighted by atomic mass is 35.5. The summed E-state index contributed by atoms with van der Waals surface area (Å²) in [7, 11) is 0. The van der Waals surface area contributed by atoms with Crippen molar-refractivity contribution in [2.24, 2.45) is 5.10 Å². The minimum atomic E-state index is 0.370. The second-order valence-corrected chi connectivity index (χ2v) is 7.65. The first kappa shape index (κ1) is 19.4. The SMILES string of the molecule is Clc1ccc2nc(NN=Cc3cc4ccccc4nc3Cl)nc(-c3ccccc3)c2c1. The standard InChI is InChI=1S/C24H15Cl2N5/c25-18-10-11-21-19(13-18)22(15-6-2-1-3-7-15)30-24(29-21)31-27-14-17-12-16-8-4-5-9-20(16)28-23(17)26/h1-14H,(H,29,30,31). The molecule has 0 saturated heterocycles. The minimum absolute atomic E-state index is 0.370. The Kier molecular flexibility index (Phi) is 5.20. The highest BCUT2D eigenvalue weighted by molar-refractivity contribution is 6.32. The molecule has 1 N–H and O–H groups in total. The van der Waals surface area contributed by atoms with E-state index in [0.29, 0.717) is 21.7 Å². The zero-order valence-electron chi connectivity index (χ0n) is 16.1. The van der Waals surface area contributed by atoms with Crippen LogP contribution in [0, 0.1) is 0 Å². The molecule has 0 bridgehead atoms. The number of hydrazone groups is 1. The number of halogens is 2. The second kappa shape index (κ2) is 8.30. The van der Waals surface area contributed by atoms with E-state index in [4.69, 9.17) is 23.2 Å². The zero-order chi connectivity index (χ0) is 21.2. The second-order valence-electron chi connectivity index (χ2n) is 6.85. The lowest BCUT2D eigenvalue weighted by molar-refractivity contribution is 1.16. The number of para-hydroxylation sites is 1. The van der Waals surface area contributed by atoms with Gasteiger partial charge in [0.15, 0.2) is 0 Å². The summed E-state index contributed by atoms with van der Waals surface area (Å²) in [5.74, 6) is 0.370. The molecule has 0 atom stereocenters. The van der Waals surface area contributed by atoms with E-state index >= 15 is 0 Å². The molecule has 0 aliphatic rings. The number of fused-ring (bicyclic) bond motifs is 2. The van der Waals surface area contributed by atoms with Crippen LogP contribution in [0.2, 0.25) is 10.2 Å². The summed E-state index contributed by atoms with van der Waals surface area (Å²) in [6.45, 7) is 0. The van der Waals surface area contributed by atoms with Crippen molar-refractivity contribution in [1.29, 1.82) is 0 Å². The summed E-state index contributed by atoms with van der Waals surface area (Å²) in [6.07, 6.45) is 1.61. The smallest absolute Gasteiger partial charge is 0.244 e. The number of nitrogens with one attached hydrogen (secondary N) is 1. The van der Waals surface area contributed by atoms with Crippen LogP contribution in [0.1, 0.15) is 5.56 Å². The van der Waals surface area contributed by atoms with Gasteiger partial charge in [-0.05, 0) is 30.3 Å². The van der Waals surface area contributed by atoms with Gasteiger partial charge in [0, 0.05) is 26.9 Å². The van der Waals surface area contributed by atoms with Crippen LogP contribution in [0.15, 0.2) is 84.0 Å². The molecule has 0 fully saturated rings. The summed E-state index contributed by atoms with van der Waals surface area (Å²) in [6, 6.07) is 25.1. The van der Waals surface area contributed by atoms with E-state index in [-0.39, 0.29) is 0 Å². The Labute approximate surface area is 188 Å². The molecule has 150 valence electrons. The largest absolute Gasteiger partial charge is 0.245 e. The Balaban J connectivity index is 1.51. The van der Waals surface area contributed by atoms with Gasteiger partial charge in [0.2, 0.25) is 5.95 Å². The molecule has 0 aliphatic heterocycles. The van der Waals surface area contributed by atoms with Gasteiger partial charge >= 0.3 is 0 Å². The van der Waals surface area contributed by atoms with Gasteiger partial charge in [0.25, 0.3) is 0 Å². The van der Waals surface area contributed by atoms with E-state index < -0.39 is 0 Å². The number of anilines is 1. The van der Waals surface area contributed by atoms with Crippen molar-refractivity contribution in [3.05, 3.63) is 94.6 Å². The first-order valence-electron chi connectivity index (χ1n) is 9.54. The molecule has 5 aromatic rings. The van der Waals surface area contributed by atoms with Gasteiger partial charge in [-0.25, -0.2) is 20.4 Å². The molecule has 2 heterocycles. The Morgan fingerprint density at radius 3 is 2.45 bits per heavy atom. The summed E-state index contributed by atoms with van der Waals surface area (Å²) in [4.78, 5) is 13.6. The van der Waals surface area contributed by atoms with Crippen molar-refractivity contribution < 1.29 is 0 Å². The fourth-order valence-corrected chi connectivity index (χ4v) is 3.69. The van der Waals surface area contributed by atoms with Gasteiger partial charge < -0.3 is 0 Å². The van der Waals surface area contributed by atoms with Gasteiger partial charge in [-0.1, -0.05) is 71.7 Å². The lowest BCUT2D eigenvalue weighted by Crippen LogP contribution is -2.00. The molecule has 0 radical (unpaired) electrons. The topological polar surface area (TPSA) is 63.1 Å². The number of aromatic nitrogens is 3. The van der Waals surface area contributed by atoms with Crippen molar-refractivity contribution in [3.63, 3.8) is 0 Å². The van der Waals surface area contributed by atoms with Gasteiger partial charge in [-0.3, -0.25) is 0 Å². The molecule has 2 aromatic heterocycles. The van der Waals surface area contributed by atoms with Crippen molar-refractivity contribution >= 4 is 57.2 Å². The summed E-state index contributed by atoms with van der Waals surface area (Å²) >= 11 is 12.5. The van der Waals surface area contributed by atoms with Crippen LogP contribution in [0.4, 0.5) is 5.95 Å². The van der Waals surface area contributed by atoms with Crippen LogP contribution in [-0.4, -0.2) is 21.2 Å². The number of nitrogens with zero attached hydrogens (tertiary/aromatic N) is 4. The number of hydrogen-bond donors (Lipinski definition) is 1. The quantitative estimate of drug-likeness (QED) is 0.193. The van der Waals surface area contributed by atoms with E-state index in [2.05, 4.69) is 25.5 Å². The Hall–Kier alpha value is -3.54. The number of hydrogen-bond acceptors (Lipinski definition) is 5. The first-order chi connectivity index (χ1) is 15.2. The molecule has 7 heteroatoms. The van der Waals surface area contributed by atoms with Crippen LogP contribution in [-0.2, 0) is 0 Å². The first-order valence-corrected chi connectivity index (χ1v) is 10.3. The van der Waals surface area contributed by atoms with E-state index in [1.165, 1.54) is 0 Å². The van der Waals surface area contributed by atoms with Crippen molar-refractivity contribution in [2.45, 2.75) is 0 Å². The Morgan fingerprint density at radius 1 is 0.774 bits per heavy atom. The predicted molar refractivity (Wildman–Crippen MR) is 128 cm³/mol. The van der Waals surface area contributed by atoms with E-state index in [0.717, 1.165) is 33.1 Å². The molecule has 0 saturated carbocycles. The van der Waals surface area contributed by atoms with Gasteiger partial charge in [0.1, 0.15) is 5.15 Å². The maximum atomic E-state index is 6.31. The van der Waals surface area contributed by atoms with Crippen molar-refractivity contribution in [3.8, 4) is 11.3 Å². The van der Waals surface area contributed by atoms with Crippen LogP contribution in [0.3, 0.4) is 0 Å². The average Bonchev–Trinajstić information content (AvgIpc) is 2.79. The number of rotatable bonds is 4. The molecule has 0 amide bonds. The third-order valence-corrected chi connectivity index (χ3v) is 5.32. The van der Waals surface area contributed by atoms with Gasteiger partial charge in [-0.2, -0.15) is 5.10 Å². The molecule has 0 unspecified atom stereocenters. The fourth-order valence-electron chi connectivity index (χ4n) is 3.33. The zero-order valence-corrected chi connectivity index (χ0v) is 17.6. The maximum absolute atomic E-state index is 6.31. The van der Waals surface area contributed by atoms with Crippen molar-refractivity contribution in [2.75, 3.05) is 5.43 Å². The molecular formula is C24H15Cl2N5. The summed E-state index contributed by atoms with van der Waals surface area (Å²) < 4.78 is 0. The van der Waals surface area contributed by atoms with Crippen molar-refractivity contribution in [1.82, 2.24) is 15.0 Å². The van der Waals surface area contributed by atoms with E-state index in [1.807, 2.05) is 72.8 Å². The lowest BCUT2D eigenvalue weighted by atomic mass is 10.1. The number of benzene rings is 3. The van der Waals surface area contributed by atoms with E-state index in [9.17, 15) is 0 Å². The third-order valence-electron chi connectivity index (χ3n) is 4.78.